The Morgan fingerprint density at radius 1 is 1.08 bits per heavy atom. The molecule has 0 radical (unpaired) electrons. The number of ether oxygens (including phenoxy) is 1. The summed E-state index contributed by atoms with van der Waals surface area (Å²) in [5.74, 6) is 2.07. The van der Waals surface area contributed by atoms with E-state index in [0.29, 0.717) is 6.42 Å². The van der Waals surface area contributed by atoms with Crippen molar-refractivity contribution in [2.45, 2.75) is 58.0 Å². The minimum Gasteiger partial charge on any atom is -0.453 e. The van der Waals surface area contributed by atoms with Gasteiger partial charge in [-0.3, -0.25) is 9.59 Å². The summed E-state index contributed by atoms with van der Waals surface area (Å²) in [5.41, 5.74) is 0.960. The maximum atomic E-state index is 12.6. The third kappa shape index (κ3) is 3.38. The van der Waals surface area contributed by atoms with Crippen LogP contribution in [0.1, 0.15) is 51.9 Å². The second kappa shape index (κ2) is 6.71. The van der Waals surface area contributed by atoms with Crippen LogP contribution in [-0.4, -0.2) is 25.0 Å². The van der Waals surface area contributed by atoms with Gasteiger partial charge in [-0.1, -0.05) is 18.2 Å². The molecule has 1 amide bonds. The van der Waals surface area contributed by atoms with Crippen molar-refractivity contribution >= 4 is 17.6 Å². The largest absolute Gasteiger partial charge is 0.453 e. The maximum Gasteiger partial charge on any atom is 0.307 e. The number of esters is 1. The van der Waals surface area contributed by atoms with Gasteiger partial charge < -0.3 is 9.64 Å². The first-order valence-electron chi connectivity index (χ1n) is 9.96. The molecule has 0 spiro atoms. The van der Waals surface area contributed by atoms with Crippen LogP contribution in [0.25, 0.3) is 0 Å². The minimum atomic E-state index is -0.749. The van der Waals surface area contributed by atoms with Gasteiger partial charge in [-0.15, -0.1) is 0 Å². The number of carbonyl (C=O) groups excluding carboxylic acids is 2. The molecule has 0 aliphatic heterocycles. The van der Waals surface area contributed by atoms with Gasteiger partial charge in [-0.2, -0.15) is 0 Å². The van der Waals surface area contributed by atoms with Crippen molar-refractivity contribution in [3.8, 4) is 0 Å². The van der Waals surface area contributed by atoms with E-state index >= 15 is 0 Å². The summed E-state index contributed by atoms with van der Waals surface area (Å²) >= 11 is 0. The van der Waals surface area contributed by atoms with E-state index in [1.54, 1.807) is 18.9 Å². The Morgan fingerprint density at radius 3 is 2.15 bits per heavy atom. The van der Waals surface area contributed by atoms with Crippen LogP contribution < -0.4 is 4.90 Å². The van der Waals surface area contributed by atoms with Crippen molar-refractivity contribution in [2.75, 3.05) is 11.9 Å². The molecule has 0 unspecified atom stereocenters. The summed E-state index contributed by atoms with van der Waals surface area (Å²) < 4.78 is 5.56. The molecule has 26 heavy (non-hydrogen) atoms. The molecule has 0 saturated heterocycles. The smallest absolute Gasteiger partial charge is 0.307 e. The number of nitrogens with zero attached hydrogens (tertiary/aromatic N) is 1. The number of carbonyl (C=O) groups is 2. The molecular formula is C22H29NO3. The molecule has 5 rings (SSSR count). The van der Waals surface area contributed by atoms with Crippen LogP contribution in [0, 0.1) is 23.2 Å². The van der Waals surface area contributed by atoms with Gasteiger partial charge in [-0.05, 0) is 80.8 Å². The first kappa shape index (κ1) is 17.6. The van der Waals surface area contributed by atoms with Crippen molar-refractivity contribution in [1.82, 2.24) is 0 Å². The topological polar surface area (TPSA) is 46.6 Å². The van der Waals surface area contributed by atoms with Gasteiger partial charge in [0.2, 0.25) is 0 Å². The predicted octanol–water partition coefficient (Wildman–Crippen LogP) is 4.19. The van der Waals surface area contributed by atoms with E-state index in [1.165, 1.54) is 38.5 Å². The molecule has 4 saturated carbocycles. The second-order valence-electron chi connectivity index (χ2n) is 8.96. The lowest BCUT2D eigenvalue weighted by Crippen LogP contribution is -2.47. The highest BCUT2D eigenvalue weighted by Crippen LogP contribution is 2.61. The monoisotopic (exact) mass is 355 g/mol. The Labute approximate surface area is 155 Å². The van der Waals surface area contributed by atoms with Gasteiger partial charge in [-0.25, -0.2) is 0 Å². The average molecular weight is 355 g/mol. The van der Waals surface area contributed by atoms with Crippen molar-refractivity contribution in [3.05, 3.63) is 30.3 Å². The molecule has 140 valence electrons. The summed E-state index contributed by atoms with van der Waals surface area (Å²) in [5, 5.41) is 0. The Bertz CT molecular complexity index is 649. The molecule has 4 aliphatic rings. The quantitative estimate of drug-likeness (QED) is 0.744. The number of para-hydroxylation sites is 1. The van der Waals surface area contributed by atoms with Crippen LogP contribution in [0.15, 0.2) is 30.3 Å². The third-order valence-electron chi connectivity index (χ3n) is 6.81. The molecule has 4 nitrogen and oxygen atoms in total. The van der Waals surface area contributed by atoms with Gasteiger partial charge in [0.1, 0.15) is 0 Å². The molecule has 0 aromatic heterocycles. The molecule has 4 heteroatoms. The summed E-state index contributed by atoms with van der Waals surface area (Å²) in [7, 11) is 1.72. The van der Waals surface area contributed by atoms with Gasteiger partial charge in [0.15, 0.2) is 6.10 Å². The molecule has 4 bridgehead atoms. The minimum absolute atomic E-state index is 0.153. The van der Waals surface area contributed by atoms with Crippen LogP contribution in [0.4, 0.5) is 5.69 Å². The highest BCUT2D eigenvalue weighted by Gasteiger charge is 2.51. The standard InChI is InChI=1S/C22H29NO3/c1-15(21(25)23(2)19-6-4-3-5-7-19)26-20(24)14-22-11-16-8-17(12-22)10-18(9-16)13-22/h3-7,15-18H,8-14H2,1-2H3/t15-,16?,17?,18?,22?/m0/s1. The zero-order chi connectivity index (χ0) is 18.3. The van der Waals surface area contributed by atoms with Crippen molar-refractivity contribution in [1.29, 1.82) is 0 Å². The van der Waals surface area contributed by atoms with Crippen LogP contribution >= 0.6 is 0 Å². The fourth-order valence-corrected chi connectivity index (χ4v) is 6.15. The third-order valence-corrected chi connectivity index (χ3v) is 6.81. The fraction of sp³-hybridized carbons (Fsp3) is 0.636. The lowest BCUT2D eigenvalue weighted by molar-refractivity contribution is -0.160. The van der Waals surface area contributed by atoms with Crippen LogP contribution in [-0.2, 0) is 14.3 Å². The fourth-order valence-electron chi connectivity index (χ4n) is 6.15. The predicted molar refractivity (Wildman–Crippen MR) is 101 cm³/mol. The Balaban J connectivity index is 1.35. The first-order chi connectivity index (χ1) is 12.4. The van der Waals surface area contributed by atoms with Crippen LogP contribution in [0.2, 0.25) is 0 Å². The Morgan fingerprint density at radius 2 is 1.62 bits per heavy atom. The van der Waals surface area contributed by atoms with E-state index in [9.17, 15) is 9.59 Å². The molecule has 4 aliphatic carbocycles. The lowest BCUT2D eigenvalue weighted by atomic mass is 9.49. The number of hydrogen-bond donors (Lipinski definition) is 0. The Kier molecular flexibility index (Phi) is 4.54. The molecule has 0 heterocycles. The zero-order valence-corrected chi connectivity index (χ0v) is 15.8. The molecule has 4 fully saturated rings. The number of likely N-dealkylation sites (N-methyl/N-ethyl adjacent to an activating group) is 1. The maximum absolute atomic E-state index is 12.6. The van der Waals surface area contributed by atoms with Crippen LogP contribution in [0.5, 0.6) is 0 Å². The van der Waals surface area contributed by atoms with E-state index in [4.69, 9.17) is 4.74 Å². The summed E-state index contributed by atoms with van der Waals surface area (Å²) in [6.45, 7) is 1.68. The van der Waals surface area contributed by atoms with Crippen molar-refractivity contribution in [3.63, 3.8) is 0 Å². The zero-order valence-electron chi connectivity index (χ0n) is 15.8. The number of rotatable bonds is 5. The van der Waals surface area contributed by atoms with E-state index in [-0.39, 0.29) is 17.3 Å². The SMILES string of the molecule is C[C@H](OC(=O)CC12CC3CC(CC(C3)C1)C2)C(=O)N(C)c1ccccc1. The molecular weight excluding hydrogens is 326 g/mol. The summed E-state index contributed by atoms with van der Waals surface area (Å²) in [6, 6.07) is 9.45. The Hall–Kier alpha value is -1.84. The number of hydrogen-bond acceptors (Lipinski definition) is 3. The van der Waals surface area contributed by atoms with E-state index in [1.807, 2.05) is 30.3 Å². The van der Waals surface area contributed by atoms with E-state index in [0.717, 1.165) is 23.4 Å². The van der Waals surface area contributed by atoms with Crippen molar-refractivity contribution < 1.29 is 14.3 Å². The van der Waals surface area contributed by atoms with Gasteiger partial charge in [0.25, 0.3) is 5.91 Å². The molecule has 1 atom stereocenters. The van der Waals surface area contributed by atoms with Gasteiger partial charge in [0, 0.05) is 12.7 Å². The highest BCUT2D eigenvalue weighted by atomic mass is 16.5. The summed E-state index contributed by atoms with van der Waals surface area (Å²) in [6.07, 6.45) is 7.38. The number of anilines is 1. The van der Waals surface area contributed by atoms with Crippen molar-refractivity contribution in [2.24, 2.45) is 23.2 Å². The van der Waals surface area contributed by atoms with E-state index < -0.39 is 6.10 Å². The number of benzene rings is 1. The molecule has 1 aromatic carbocycles. The van der Waals surface area contributed by atoms with E-state index in [2.05, 4.69) is 0 Å². The van der Waals surface area contributed by atoms with Gasteiger partial charge in [0.05, 0.1) is 6.42 Å². The van der Waals surface area contributed by atoms with Gasteiger partial charge >= 0.3 is 5.97 Å². The highest BCUT2D eigenvalue weighted by molar-refractivity contribution is 5.96. The summed E-state index contributed by atoms with van der Waals surface area (Å²) in [4.78, 5) is 26.8. The molecule has 0 N–H and O–H groups in total. The first-order valence-corrected chi connectivity index (χ1v) is 9.96. The lowest BCUT2D eigenvalue weighted by Gasteiger charge is -2.56. The normalized spacial score (nSPS) is 32.9. The second-order valence-corrected chi connectivity index (χ2v) is 8.96. The average Bonchev–Trinajstić information content (AvgIpc) is 2.59. The number of amides is 1. The molecule has 1 aromatic rings. The van der Waals surface area contributed by atoms with Crippen LogP contribution in [0.3, 0.4) is 0 Å².